The molecule has 1 fully saturated rings. The lowest BCUT2D eigenvalue weighted by Crippen LogP contribution is -2.42. The van der Waals surface area contributed by atoms with E-state index in [1.807, 2.05) is 0 Å². The van der Waals surface area contributed by atoms with E-state index in [1.165, 1.54) is 13.8 Å². The molecule has 0 aromatic heterocycles. The molecule has 1 saturated heterocycles. The van der Waals surface area contributed by atoms with Crippen molar-refractivity contribution in [2.75, 3.05) is 11.5 Å². The molecule has 0 spiro atoms. The average Bonchev–Trinajstić information content (AvgIpc) is 2.59. The molecule has 1 aliphatic heterocycles. The number of hydrogen-bond donors (Lipinski definition) is 0. The fraction of sp³-hybridized carbons (Fsp3) is 0.308. The third-order valence-electron chi connectivity index (χ3n) is 2.72. The first-order valence-electron chi connectivity index (χ1n) is 5.70. The summed E-state index contributed by atoms with van der Waals surface area (Å²) in [5.41, 5.74) is -1.05. The topological polar surface area (TPSA) is 72.9 Å². The zero-order valence-electron chi connectivity index (χ0n) is 10.6. The Bertz CT molecular complexity index is 527. The molecule has 6 nitrogen and oxygen atoms in total. The van der Waals surface area contributed by atoms with Crippen LogP contribution in [0.2, 0.25) is 0 Å². The van der Waals surface area contributed by atoms with Gasteiger partial charge in [-0.15, -0.1) is 0 Å². The molecule has 0 saturated carbocycles. The van der Waals surface area contributed by atoms with Gasteiger partial charge in [0.2, 0.25) is 5.60 Å². The van der Waals surface area contributed by atoms with Crippen LogP contribution < -0.4 is 4.90 Å². The Hall–Kier alpha value is -2.37. The minimum Gasteiger partial charge on any atom is -0.461 e. The van der Waals surface area contributed by atoms with Gasteiger partial charge in [0.15, 0.2) is 0 Å². The van der Waals surface area contributed by atoms with Gasteiger partial charge in [-0.2, -0.15) is 0 Å². The summed E-state index contributed by atoms with van der Waals surface area (Å²) in [7, 11) is 0. The summed E-state index contributed by atoms with van der Waals surface area (Å²) in [4.78, 5) is 35.8. The van der Waals surface area contributed by atoms with E-state index in [2.05, 4.69) is 0 Å². The molecule has 1 atom stereocenters. The second-order valence-corrected chi connectivity index (χ2v) is 4.36. The smallest absolute Gasteiger partial charge is 0.422 e. The average molecular weight is 263 g/mol. The Morgan fingerprint density at radius 2 is 1.95 bits per heavy atom. The van der Waals surface area contributed by atoms with Crippen molar-refractivity contribution >= 4 is 23.7 Å². The number of carbonyl (C=O) groups is 3. The highest BCUT2D eigenvalue weighted by Crippen LogP contribution is 2.29. The van der Waals surface area contributed by atoms with Gasteiger partial charge in [-0.05, 0) is 19.1 Å². The summed E-state index contributed by atoms with van der Waals surface area (Å²) in [5, 5.41) is 0. The Kier molecular flexibility index (Phi) is 3.25. The van der Waals surface area contributed by atoms with Gasteiger partial charge in [-0.25, -0.2) is 9.69 Å². The molecule has 100 valence electrons. The molecule has 2 rings (SSSR count). The predicted molar refractivity (Wildman–Crippen MR) is 65.4 cm³/mol. The van der Waals surface area contributed by atoms with Gasteiger partial charge in [0, 0.05) is 6.92 Å². The number of para-hydroxylation sites is 1. The van der Waals surface area contributed by atoms with Gasteiger partial charge in [0.25, 0.3) is 5.91 Å². The van der Waals surface area contributed by atoms with Crippen LogP contribution in [-0.4, -0.2) is 30.2 Å². The highest BCUT2D eigenvalue weighted by atomic mass is 16.6. The van der Waals surface area contributed by atoms with Crippen molar-refractivity contribution in [2.45, 2.75) is 19.4 Å². The minimum absolute atomic E-state index is 0.295. The number of anilines is 1. The lowest BCUT2D eigenvalue weighted by molar-refractivity contribution is -0.150. The summed E-state index contributed by atoms with van der Waals surface area (Å²) < 4.78 is 9.81. The molecule has 1 aromatic carbocycles. The van der Waals surface area contributed by atoms with Crippen molar-refractivity contribution in [3.05, 3.63) is 30.3 Å². The molecule has 1 unspecified atom stereocenters. The first-order chi connectivity index (χ1) is 8.94. The number of esters is 1. The minimum atomic E-state index is -1.47. The molecular formula is C13H13NO5. The van der Waals surface area contributed by atoms with Crippen molar-refractivity contribution in [1.82, 2.24) is 0 Å². The maximum absolute atomic E-state index is 12.2. The van der Waals surface area contributed by atoms with Crippen molar-refractivity contribution in [1.29, 1.82) is 0 Å². The van der Waals surface area contributed by atoms with Crippen molar-refractivity contribution in [3.8, 4) is 0 Å². The lowest BCUT2D eigenvalue weighted by Gasteiger charge is -2.18. The number of cyclic esters (lactones) is 1. The summed E-state index contributed by atoms with van der Waals surface area (Å²) in [5.74, 6) is -1.09. The van der Waals surface area contributed by atoms with Gasteiger partial charge in [0.1, 0.15) is 6.61 Å². The highest BCUT2D eigenvalue weighted by molar-refractivity contribution is 6.20. The second-order valence-electron chi connectivity index (χ2n) is 4.36. The van der Waals surface area contributed by atoms with Crippen LogP contribution in [0.1, 0.15) is 13.8 Å². The molecular weight excluding hydrogens is 250 g/mol. The van der Waals surface area contributed by atoms with Crippen LogP contribution in [0.15, 0.2) is 30.3 Å². The van der Waals surface area contributed by atoms with Crippen LogP contribution in [-0.2, 0) is 19.1 Å². The van der Waals surface area contributed by atoms with E-state index in [1.54, 1.807) is 30.3 Å². The van der Waals surface area contributed by atoms with Crippen LogP contribution in [0.25, 0.3) is 0 Å². The summed E-state index contributed by atoms with van der Waals surface area (Å²) >= 11 is 0. The Morgan fingerprint density at radius 3 is 2.53 bits per heavy atom. The number of ether oxygens (including phenoxy) is 2. The van der Waals surface area contributed by atoms with E-state index >= 15 is 0 Å². The van der Waals surface area contributed by atoms with Crippen LogP contribution in [0.3, 0.4) is 0 Å². The maximum atomic E-state index is 12.2. The van der Waals surface area contributed by atoms with E-state index in [9.17, 15) is 14.4 Å². The number of carbonyl (C=O) groups excluding carboxylic acids is 3. The van der Waals surface area contributed by atoms with Crippen LogP contribution >= 0.6 is 0 Å². The van der Waals surface area contributed by atoms with E-state index in [-0.39, 0.29) is 6.61 Å². The van der Waals surface area contributed by atoms with Crippen LogP contribution in [0, 0.1) is 0 Å². The molecule has 0 radical (unpaired) electrons. The predicted octanol–water partition coefficient (Wildman–Crippen LogP) is 1.49. The Balaban J connectivity index is 2.23. The fourth-order valence-corrected chi connectivity index (χ4v) is 1.73. The molecule has 0 aliphatic carbocycles. The molecule has 0 N–H and O–H groups in total. The van der Waals surface area contributed by atoms with Gasteiger partial charge >= 0.3 is 12.1 Å². The lowest BCUT2D eigenvalue weighted by atomic mass is 10.1. The summed E-state index contributed by atoms with van der Waals surface area (Å²) in [6, 6.07) is 8.43. The highest BCUT2D eigenvalue weighted by Gasteiger charge is 2.52. The standard InChI is InChI=1S/C13H13NO5/c1-9(15)18-8-13(2)11(16)14(12(17)19-13)10-6-4-3-5-7-10/h3-7H,8H2,1-2H3. The second kappa shape index (κ2) is 4.72. The van der Waals surface area contributed by atoms with E-state index in [0.717, 1.165) is 4.90 Å². The third kappa shape index (κ3) is 2.42. The van der Waals surface area contributed by atoms with Crippen molar-refractivity contribution in [2.24, 2.45) is 0 Å². The number of nitrogens with zero attached hydrogens (tertiary/aromatic N) is 1. The third-order valence-corrected chi connectivity index (χ3v) is 2.72. The zero-order chi connectivity index (χ0) is 14.0. The maximum Gasteiger partial charge on any atom is 0.422 e. The number of imide groups is 1. The van der Waals surface area contributed by atoms with Crippen LogP contribution in [0.4, 0.5) is 10.5 Å². The van der Waals surface area contributed by atoms with Crippen LogP contribution in [0.5, 0.6) is 0 Å². The molecule has 1 heterocycles. The molecule has 6 heteroatoms. The Labute approximate surface area is 109 Å². The van der Waals surface area contributed by atoms with Gasteiger partial charge in [-0.3, -0.25) is 9.59 Å². The van der Waals surface area contributed by atoms with E-state index in [4.69, 9.17) is 9.47 Å². The number of amides is 2. The normalized spacial score (nSPS) is 22.3. The van der Waals surface area contributed by atoms with Gasteiger partial charge in [-0.1, -0.05) is 18.2 Å². The summed E-state index contributed by atoms with van der Waals surface area (Å²) in [6.45, 7) is 2.34. The quantitative estimate of drug-likeness (QED) is 0.772. The SMILES string of the molecule is CC(=O)OCC1(C)OC(=O)N(c2ccccc2)C1=O. The molecule has 1 aliphatic rings. The van der Waals surface area contributed by atoms with E-state index in [0.29, 0.717) is 5.69 Å². The molecule has 2 amide bonds. The molecule has 1 aromatic rings. The van der Waals surface area contributed by atoms with Gasteiger partial charge < -0.3 is 9.47 Å². The van der Waals surface area contributed by atoms with Crippen molar-refractivity contribution < 1.29 is 23.9 Å². The first-order valence-corrected chi connectivity index (χ1v) is 5.70. The first kappa shape index (κ1) is 13.1. The summed E-state index contributed by atoms with van der Waals surface area (Å²) in [6.07, 6.45) is -0.772. The Morgan fingerprint density at radius 1 is 1.32 bits per heavy atom. The zero-order valence-corrected chi connectivity index (χ0v) is 10.6. The fourth-order valence-electron chi connectivity index (χ4n) is 1.73. The number of rotatable bonds is 3. The monoisotopic (exact) mass is 263 g/mol. The van der Waals surface area contributed by atoms with Crippen molar-refractivity contribution in [3.63, 3.8) is 0 Å². The number of hydrogen-bond acceptors (Lipinski definition) is 5. The van der Waals surface area contributed by atoms with Gasteiger partial charge in [0.05, 0.1) is 5.69 Å². The molecule has 19 heavy (non-hydrogen) atoms. The number of benzene rings is 1. The van der Waals surface area contributed by atoms with E-state index < -0.39 is 23.6 Å². The largest absolute Gasteiger partial charge is 0.461 e. The molecule has 0 bridgehead atoms.